The number of nitrogens with zero attached hydrogens (tertiary/aromatic N) is 3. The highest BCUT2D eigenvalue weighted by Gasteiger charge is 2.20. The van der Waals surface area contributed by atoms with Gasteiger partial charge in [-0.1, -0.05) is 0 Å². The second kappa shape index (κ2) is 6.28. The van der Waals surface area contributed by atoms with E-state index in [0.29, 0.717) is 0 Å². The summed E-state index contributed by atoms with van der Waals surface area (Å²) in [6.07, 6.45) is 4.26. The van der Waals surface area contributed by atoms with E-state index in [1.165, 1.54) is 28.7 Å². The molecule has 1 aliphatic heterocycles. The minimum atomic E-state index is 0.774. The van der Waals surface area contributed by atoms with Crippen LogP contribution in [0.2, 0.25) is 0 Å². The fraction of sp³-hybridized carbons (Fsp3) is 0.625. The Labute approximate surface area is 130 Å². The third-order valence-electron chi connectivity index (χ3n) is 4.56. The Morgan fingerprint density at radius 1 is 1.29 bits per heavy atom. The largest absolute Gasteiger partial charge is 0.356 e. The molecule has 3 rings (SSSR count). The molecule has 2 aromatic heterocycles. The minimum absolute atomic E-state index is 0.774. The lowest BCUT2D eigenvalue weighted by atomic mass is 9.97. The van der Waals surface area contributed by atoms with E-state index >= 15 is 0 Å². The molecule has 0 spiro atoms. The second-order valence-corrected chi connectivity index (χ2v) is 7.10. The van der Waals surface area contributed by atoms with Crippen LogP contribution in [0.15, 0.2) is 6.33 Å². The van der Waals surface area contributed by atoms with Crippen molar-refractivity contribution in [2.45, 2.75) is 33.6 Å². The third-order valence-corrected chi connectivity index (χ3v) is 5.68. The van der Waals surface area contributed by atoms with Gasteiger partial charge in [-0.2, -0.15) is 0 Å². The van der Waals surface area contributed by atoms with Gasteiger partial charge in [0.25, 0.3) is 0 Å². The highest BCUT2D eigenvalue weighted by Crippen LogP contribution is 2.34. The molecule has 114 valence electrons. The van der Waals surface area contributed by atoms with Gasteiger partial charge in [-0.25, -0.2) is 9.97 Å². The van der Waals surface area contributed by atoms with Crippen molar-refractivity contribution in [2.24, 2.45) is 5.92 Å². The number of rotatable bonds is 4. The van der Waals surface area contributed by atoms with Crippen molar-refractivity contribution < 1.29 is 0 Å². The lowest BCUT2D eigenvalue weighted by molar-refractivity contribution is 0.374. The van der Waals surface area contributed by atoms with E-state index < -0.39 is 0 Å². The van der Waals surface area contributed by atoms with Crippen LogP contribution >= 0.6 is 11.3 Å². The highest BCUT2D eigenvalue weighted by atomic mass is 32.1. The van der Waals surface area contributed by atoms with E-state index in [-0.39, 0.29) is 0 Å². The molecule has 0 aromatic carbocycles. The highest BCUT2D eigenvalue weighted by molar-refractivity contribution is 7.18. The molecular formula is C16H24N4S. The molecule has 0 amide bonds. The number of aryl methyl sites for hydroxylation is 2. The van der Waals surface area contributed by atoms with Crippen LogP contribution in [0.5, 0.6) is 0 Å². The molecule has 0 unspecified atom stereocenters. The van der Waals surface area contributed by atoms with Gasteiger partial charge < -0.3 is 10.2 Å². The van der Waals surface area contributed by atoms with Crippen LogP contribution in [0.4, 0.5) is 5.82 Å². The maximum atomic E-state index is 4.62. The third kappa shape index (κ3) is 2.90. The first kappa shape index (κ1) is 14.7. The number of hydrogen-bond acceptors (Lipinski definition) is 5. The van der Waals surface area contributed by atoms with Crippen LogP contribution in [0.25, 0.3) is 10.2 Å². The van der Waals surface area contributed by atoms with Gasteiger partial charge >= 0.3 is 0 Å². The van der Waals surface area contributed by atoms with Crippen molar-refractivity contribution >= 4 is 27.4 Å². The fourth-order valence-electron chi connectivity index (χ4n) is 3.14. The molecule has 3 heterocycles. The van der Waals surface area contributed by atoms with Gasteiger partial charge in [0.15, 0.2) is 0 Å². The molecule has 21 heavy (non-hydrogen) atoms. The van der Waals surface area contributed by atoms with E-state index in [2.05, 4.69) is 41.0 Å². The van der Waals surface area contributed by atoms with Gasteiger partial charge in [0.05, 0.1) is 5.39 Å². The van der Waals surface area contributed by atoms with E-state index in [9.17, 15) is 0 Å². The van der Waals surface area contributed by atoms with Gasteiger partial charge in [-0.05, 0) is 58.2 Å². The number of anilines is 1. The van der Waals surface area contributed by atoms with Gasteiger partial charge in [0.2, 0.25) is 0 Å². The molecule has 0 aliphatic carbocycles. The summed E-state index contributed by atoms with van der Waals surface area (Å²) < 4.78 is 0. The topological polar surface area (TPSA) is 41.0 Å². The predicted molar refractivity (Wildman–Crippen MR) is 90.4 cm³/mol. The summed E-state index contributed by atoms with van der Waals surface area (Å²) in [5.74, 6) is 1.90. The second-order valence-electron chi connectivity index (χ2n) is 5.89. The van der Waals surface area contributed by atoms with E-state index in [4.69, 9.17) is 0 Å². The van der Waals surface area contributed by atoms with E-state index in [1.54, 1.807) is 17.7 Å². The Balaban J connectivity index is 1.92. The van der Waals surface area contributed by atoms with Crippen LogP contribution in [0.3, 0.4) is 0 Å². The van der Waals surface area contributed by atoms with Crippen molar-refractivity contribution in [3.8, 4) is 0 Å². The summed E-state index contributed by atoms with van der Waals surface area (Å²) in [7, 11) is 0. The van der Waals surface area contributed by atoms with Gasteiger partial charge in [0.1, 0.15) is 17.0 Å². The zero-order valence-corrected chi connectivity index (χ0v) is 14.0. The normalized spacial score (nSPS) is 16.5. The summed E-state index contributed by atoms with van der Waals surface area (Å²) in [4.78, 5) is 14.0. The summed E-state index contributed by atoms with van der Waals surface area (Å²) in [6, 6.07) is 0. The monoisotopic (exact) mass is 304 g/mol. The smallest absolute Gasteiger partial charge is 0.141 e. The zero-order chi connectivity index (χ0) is 14.8. The fourth-order valence-corrected chi connectivity index (χ4v) is 4.14. The molecule has 1 fully saturated rings. The maximum absolute atomic E-state index is 4.62. The predicted octanol–water partition coefficient (Wildman–Crippen LogP) is 3.13. The molecule has 2 aromatic rings. The van der Waals surface area contributed by atoms with Crippen molar-refractivity contribution in [1.82, 2.24) is 15.3 Å². The average molecular weight is 304 g/mol. The van der Waals surface area contributed by atoms with Crippen LogP contribution in [0.1, 0.15) is 30.2 Å². The molecule has 1 saturated heterocycles. The molecule has 1 N–H and O–H groups in total. The van der Waals surface area contributed by atoms with Crippen LogP contribution < -0.4 is 10.2 Å². The Morgan fingerprint density at radius 3 is 2.76 bits per heavy atom. The molecule has 1 aliphatic rings. The standard InChI is InChI=1S/C16H24N4S/c1-4-20(9-13-5-7-17-8-6-13)15-14-11(2)12(3)21-16(14)19-10-18-15/h10,13,17H,4-9H2,1-3H3. The first-order chi connectivity index (χ1) is 10.2. The molecule has 0 saturated carbocycles. The first-order valence-electron chi connectivity index (χ1n) is 7.87. The number of piperidine rings is 1. The Morgan fingerprint density at radius 2 is 2.05 bits per heavy atom. The molecule has 0 bridgehead atoms. The first-order valence-corrected chi connectivity index (χ1v) is 8.68. The number of aromatic nitrogens is 2. The molecule has 4 nitrogen and oxygen atoms in total. The van der Waals surface area contributed by atoms with Gasteiger partial charge in [-0.15, -0.1) is 11.3 Å². The lowest BCUT2D eigenvalue weighted by Crippen LogP contribution is -2.36. The van der Waals surface area contributed by atoms with Crippen LogP contribution in [-0.4, -0.2) is 36.1 Å². The van der Waals surface area contributed by atoms with E-state index in [0.717, 1.165) is 42.7 Å². The number of hydrogen-bond donors (Lipinski definition) is 1. The van der Waals surface area contributed by atoms with Crippen molar-refractivity contribution in [3.05, 3.63) is 16.8 Å². The van der Waals surface area contributed by atoms with Gasteiger partial charge in [-0.3, -0.25) is 0 Å². The summed E-state index contributed by atoms with van der Waals surface area (Å²) >= 11 is 1.78. The quantitative estimate of drug-likeness (QED) is 0.942. The zero-order valence-electron chi connectivity index (χ0n) is 13.1. The number of thiophene rings is 1. The summed E-state index contributed by atoms with van der Waals surface area (Å²) in [6.45, 7) is 11.0. The summed E-state index contributed by atoms with van der Waals surface area (Å²) in [5, 5.41) is 4.71. The minimum Gasteiger partial charge on any atom is -0.356 e. The van der Waals surface area contributed by atoms with Gasteiger partial charge in [0, 0.05) is 18.0 Å². The van der Waals surface area contributed by atoms with Crippen molar-refractivity contribution in [1.29, 1.82) is 0 Å². The van der Waals surface area contributed by atoms with E-state index in [1.807, 2.05) is 0 Å². The van der Waals surface area contributed by atoms with Crippen LogP contribution in [-0.2, 0) is 0 Å². The maximum Gasteiger partial charge on any atom is 0.141 e. The molecule has 0 radical (unpaired) electrons. The van der Waals surface area contributed by atoms with Crippen LogP contribution in [0, 0.1) is 19.8 Å². The number of fused-ring (bicyclic) bond motifs is 1. The van der Waals surface area contributed by atoms with Crippen molar-refractivity contribution in [3.63, 3.8) is 0 Å². The Kier molecular flexibility index (Phi) is 4.40. The van der Waals surface area contributed by atoms with Crippen molar-refractivity contribution in [2.75, 3.05) is 31.1 Å². The Hall–Kier alpha value is -1.20. The summed E-state index contributed by atoms with van der Waals surface area (Å²) in [5.41, 5.74) is 1.34. The average Bonchev–Trinajstić information content (AvgIpc) is 2.81. The SMILES string of the molecule is CCN(CC1CCNCC1)c1ncnc2sc(C)c(C)c12. The molecule has 0 atom stereocenters. The Bertz CT molecular complexity index is 616. The lowest BCUT2D eigenvalue weighted by Gasteiger charge is -2.30. The molecule has 5 heteroatoms. The molecular weight excluding hydrogens is 280 g/mol. The number of nitrogens with one attached hydrogen (secondary N) is 1.